The molecule has 6 heteroatoms. The van der Waals surface area contributed by atoms with E-state index in [-0.39, 0.29) is 11.9 Å². The molecule has 3 N–H and O–H groups in total. The van der Waals surface area contributed by atoms with Crippen LogP contribution in [0.2, 0.25) is 0 Å². The maximum absolute atomic E-state index is 11.0. The van der Waals surface area contributed by atoms with E-state index in [0.29, 0.717) is 18.1 Å². The Hall–Kier alpha value is -0.880. The second-order valence-corrected chi connectivity index (χ2v) is 4.40. The number of carbonyl (C=O) groups excluding carboxylic acids is 1. The molecule has 1 atom stereocenters. The van der Waals surface area contributed by atoms with Gasteiger partial charge in [-0.15, -0.1) is 0 Å². The van der Waals surface area contributed by atoms with E-state index < -0.39 is 0 Å². The van der Waals surface area contributed by atoms with Gasteiger partial charge in [0.05, 0.1) is 0 Å². The molecule has 0 aromatic rings. The van der Waals surface area contributed by atoms with Crippen molar-refractivity contribution in [1.82, 2.24) is 16.0 Å². The third-order valence-electron chi connectivity index (χ3n) is 2.55. The summed E-state index contributed by atoms with van der Waals surface area (Å²) in [5, 5.41) is 9.73. The van der Waals surface area contributed by atoms with Gasteiger partial charge in [0, 0.05) is 38.8 Å². The lowest BCUT2D eigenvalue weighted by Gasteiger charge is -2.14. The summed E-state index contributed by atoms with van der Waals surface area (Å²) in [5.74, 6) is 0.132. The maximum atomic E-state index is 11.0. The summed E-state index contributed by atoms with van der Waals surface area (Å²) in [4.78, 5) is 11.0. The molecule has 1 aliphatic rings. The molecule has 0 saturated carbocycles. The van der Waals surface area contributed by atoms with Crippen molar-refractivity contribution in [3.8, 4) is 0 Å². The maximum Gasteiger partial charge on any atom is 0.220 e. The molecule has 0 aliphatic carbocycles. The number of nitrogens with one attached hydrogen (secondary N) is 3. The Balaban J connectivity index is 1.96. The van der Waals surface area contributed by atoms with Gasteiger partial charge in [-0.1, -0.05) is 0 Å². The van der Waals surface area contributed by atoms with Crippen molar-refractivity contribution in [1.29, 1.82) is 0 Å². The zero-order chi connectivity index (χ0) is 12.5. The molecule has 1 fully saturated rings. The molecule has 1 amide bonds. The molecule has 1 unspecified atom stereocenters. The number of rotatable bonds is 7. The van der Waals surface area contributed by atoms with Crippen molar-refractivity contribution in [3.63, 3.8) is 0 Å². The summed E-state index contributed by atoms with van der Waals surface area (Å²) < 4.78 is 5.22. The Morgan fingerprint density at radius 1 is 1.59 bits per heavy atom. The Bertz CT molecular complexity index is 261. The average molecular weight is 259 g/mol. The first kappa shape index (κ1) is 14.2. The van der Waals surface area contributed by atoms with Gasteiger partial charge < -0.3 is 20.7 Å². The fourth-order valence-corrected chi connectivity index (χ4v) is 1.81. The molecule has 17 heavy (non-hydrogen) atoms. The fourth-order valence-electron chi connectivity index (χ4n) is 1.63. The van der Waals surface area contributed by atoms with E-state index in [2.05, 4.69) is 16.0 Å². The summed E-state index contributed by atoms with van der Waals surface area (Å²) in [6.07, 6.45) is 2.45. The largest absolute Gasteiger partial charge is 0.382 e. The second kappa shape index (κ2) is 8.25. The van der Waals surface area contributed by atoms with E-state index >= 15 is 0 Å². The third kappa shape index (κ3) is 6.43. The lowest BCUT2D eigenvalue weighted by Crippen LogP contribution is -2.43. The van der Waals surface area contributed by atoms with Crippen molar-refractivity contribution in [2.75, 3.05) is 26.3 Å². The predicted molar refractivity (Wildman–Crippen MR) is 70.9 cm³/mol. The molecule has 1 rings (SSSR count). The minimum Gasteiger partial charge on any atom is -0.382 e. The number of thiocarbonyl (C=S) groups is 1. The van der Waals surface area contributed by atoms with E-state index in [4.69, 9.17) is 17.0 Å². The van der Waals surface area contributed by atoms with Crippen LogP contribution in [0.25, 0.3) is 0 Å². The van der Waals surface area contributed by atoms with E-state index in [1.807, 2.05) is 6.92 Å². The Kier molecular flexibility index (Phi) is 6.88. The molecule has 1 saturated heterocycles. The first-order valence-electron chi connectivity index (χ1n) is 6.11. The van der Waals surface area contributed by atoms with Crippen LogP contribution in [0.15, 0.2) is 0 Å². The lowest BCUT2D eigenvalue weighted by atomic mass is 10.2. The second-order valence-electron chi connectivity index (χ2n) is 3.99. The number of amides is 1. The molecular weight excluding hydrogens is 238 g/mol. The quantitative estimate of drug-likeness (QED) is 0.449. The molecule has 0 bridgehead atoms. The first-order chi connectivity index (χ1) is 8.22. The number of ether oxygens (including phenoxy) is 1. The zero-order valence-corrected chi connectivity index (χ0v) is 11.1. The Labute approximate surface area is 108 Å². The summed E-state index contributed by atoms with van der Waals surface area (Å²) in [6.45, 7) is 5.00. The van der Waals surface area contributed by atoms with Crippen LogP contribution in [-0.4, -0.2) is 43.4 Å². The molecule has 5 nitrogen and oxygen atoms in total. The van der Waals surface area contributed by atoms with Crippen molar-refractivity contribution in [3.05, 3.63) is 0 Å². The number of carbonyl (C=O) groups is 1. The third-order valence-corrected chi connectivity index (χ3v) is 2.84. The van der Waals surface area contributed by atoms with Gasteiger partial charge in [-0.2, -0.15) is 0 Å². The molecule has 0 radical (unpaired) electrons. The average Bonchev–Trinajstić information content (AvgIpc) is 2.72. The van der Waals surface area contributed by atoms with E-state index in [1.165, 1.54) is 0 Å². The van der Waals surface area contributed by atoms with Crippen LogP contribution in [0.4, 0.5) is 0 Å². The van der Waals surface area contributed by atoms with Gasteiger partial charge in [-0.3, -0.25) is 4.79 Å². The van der Waals surface area contributed by atoms with Crippen LogP contribution in [0.5, 0.6) is 0 Å². The van der Waals surface area contributed by atoms with Crippen LogP contribution >= 0.6 is 12.2 Å². The van der Waals surface area contributed by atoms with E-state index in [0.717, 1.165) is 32.6 Å². The van der Waals surface area contributed by atoms with Crippen molar-refractivity contribution in [2.45, 2.75) is 32.2 Å². The monoisotopic (exact) mass is 259 g/mol. The van der Waals surface area contributed by atoms with Gasteiger partial charge in [0.1, 0.15) is 0 Å². The number of hydrogen-bond donors (Lipinski definition) is 3. The Morgan fingerprint density at radius 3 is 3.06 bits per heavy atom. The summed E-state index contributed by atoms with van der Waals surface area (Å²) in [5.41, 5.74) is 0. The van der Waals surface area contributed by atoms with Crippen LogP contribution in [-0.2, 0) is 9.53 Å². The topological polar surface area (TPSA) is 62.4 Å². The van der Waals surface area contributed by atoms with Gasteiger partial charge in [0.2, 0.25) is 5.91 Å². The van der Waals surface area contributed by atoms with Crippen molar-refractivity contribution in [2.24, 2.45) is 0 Å². The Morgan fingerprint density at radius 2 is 2.41 bits per heavy atom. The minimum absolute atomic E-state index is 0.132. The molecule has 1 aliphatic heterocycles. The predicted octanol–water partition coefficient (Wildman–Crippen LogP) is 0.156. The molecule has 98 valence electrons. The van der Waals surface area contributed by atoms with Gasteiger partial charge in [-0.05, 0) is 32.0 Å². The van der Waals surface area contributed by atoms with Crippen LogP contribution in [0.3, 0.4) is 0 Å². The van der Waals surface area contributed by atoms with Crippen molar-refractivity contribution < 1.29 is 9.53 Å². The van der Waals surface area contributed by atoms with Crippen molar-refractivity contribution >= 4 is 23.2 Å². The van der Waals surface area contributed by atoms with Crippen LogP contribution in [0, 0.1) is 0 Å². The highest BCUT2D eigenvalue weighted by molar-refractivity contribution is 7.80. The molecule has 1 heterocycles. The summed E-state index contributed by atoms with van der Waals surface area (Å²) >= 11 is 5.12. The SMILES string of the molecule is CCOCCCNC(=S)NCC1CCC(=O)N1. The molecular formula is C11H21N3O2S. The lowest BCUT2D eigenvalue weighted by molar-refractivity contribution is -0.119. The first-order valence-corrected chi connectivity index (χ1v) is 6.52. The minimum atomic E-state index is 0.132. The fraction of sp³-hybridized carbons (Fsp3) is 0.818. The molecule has 0 aromatic heterocycles. The normalized spacial score (nSPS) is 18.9. The standard InChI is InChI=1S/C11H21N3O2S/c1-2-16-7-3-6-12-11(17)13-8-9-4-5-10(15)14-9/h9H,2-8H2,1H3,(H,14,15)(H2,12,13,17). The number of hydrogen-bond acceptors (Lipinski definition) is 3. The molecule has 0 spiro atoms. The van der Waals surface area contributed by atoms with E-state index in [9.17, 15) is 4.79 Å². The zero-order valence-electron chi connectivity index (χ0n) is 10.3. The smallest absolute Gasteiger partial charge is 0.220 e. The highest BCUT2D eigenvalue weighted by Gasteiger charge is 2.20. The summed E-state index contributed by atoms with van der Waals surface area (Å²) in [6, 6.07) is 0.214. The van der Waals surface area contributed by atoms with Gasteiger partial charge in [0.25, 0.3) is 0 Å². The highest BCUT2D eigenvalue weighted by atomic mass is 32.1. The van der Waals surface area contributed by atoms with Gasteiger partial charge in [0.15, 0.2) is 5.11 Å². The van der Waals surface area contributed by atoms with Gasteiger partial charge >= 0.3 is 0 Å². The van der Waals surface area contributed by atoms with Crippen LogP contribution in [0.1, 0.15) is 26.2 Å². The van der Waals surface area contributed by atoms with Crippen LogP contribution < -0.4 is 16.0 Å². The summed E-state index contributed by atoms with van der Waals surface area (Å²) in [7, 11) is 0. The molecule has 0 aromatic carbocycles. The van der Waals surface area contributed by atoms with Gasteiger partial charge in [-0.25, -0.2) is 0 Å². The van der Waals surface area contributed by atoms with E-state index in [1.54, 1.807) is 0 Å². The highest BCUT2D eigenvalue weighted by Crippen LogP contribution is 2.04.